The summed E-state index contributed by atoms with van der Waals surface area (Å²) in [5.74, 6) is -1.17. The molecular weight excluding hydrogens is 417 g/mol. The molecule has 0 N–H and O–H groups in total. The van der Waals surface area contributed by atoms with Crippen LogP contribution in [0.3, 0.4) is 0 Å². The molecule has 1 aromatic rings. The zero-order valence-corrected chi connectivity index (χ0v) is 18.3. The van der Waals surface area contributed by atoms with E-state index < -0.39 is 40.0 Å². The third-order valence-electron chi connectivity index (χ3n) is 4.74. The van der Waals surface area contributed by atoms with E-state index in [9.17, 15) is 26.4 Å². The monoisotopic (exact) mass is 446 g/mol. The van der Waals surface area contributed by atoms with Gasteiger partial charge in [0.25, 0.3) is 0 Å². The Labute approximate surface area is 176 Å². The number of alkyl halides is 3. The van der Waals surface area contributed by atoms with Crippen LogP contribution in [0.25, 0.3) is 6.08 Å². The van der Waals surface area contributed by atoms with Crippen LogP contribution < -0.4 is 0 Å². The van der Waals surface area contributed by atoms with E-state index in [1.54, 1.807) is 45.0 Å². The fraction of sp³-hybridized carbons (Fsp3) is 0.571. The first-order valence-corrected chi connectivity index (χ1v) is 11.4. The van der Waals surface area contributed by atoms with E-state index in [0.717, 1.165) is 15.9 Å². The number of amides is 1. The molecule has 1 saturated heterocycles. The maximum Gasteiger partial charge on any atom is 0.406 e. The van der Waals surface area contributed by atoms with Gasteiger partial charge in [0.2, 0.25) is 15.9 Å². The molecule has 0 radical (unpaired) electrons. The summed E-state index contributed by atoms with van der Waals surface area (Å²) in [6, 6.07) is 8.99. The highest BCUT2D eigenvalue weighted by atomic mass is 32.2. The number of piperidine rings is 1. The molecule has 1 heterocycles. The Morgan fingerprint density at radius 1 is 1.10 bits per heavy atom. The van der Waals surface area contributed by atoms with Crippen molar-refractivity contribution in [3.05, 3.63) is 41.3 Å². The second-order valence-electron chi connectivity index (χ2n) is 8.80. The molecule has 168 valence electrons. The third-order valence-corrected chi connectivity index (χ3v) is 6.31. The van der Waals surface area contributed by atoms with Crippen LogP contribution in [0.4, 0.5) is 13.2 Å². The largest absolute Gasteiger partial charge is 0.406 e. The highest BCUT2D eigenvalue weighted by molar-refractivity contribution is 7.92. The van der Waals surface area contributed by atoms with E-state index in [2.05, 4.69) is 0 Å². The molecule has 1 amide bonds. The summed E-state index contributed by atoms with van der Waals surface area (Å²) in [6.07, 6.45) is -2.57. The Morgan fingerprint density at radius 2 is 1.67 bits per heavy atom. The summed E-state index contributed by atoms with van der Waals surface area (Å²) in [4.78, 5) is 13.6. The Morgan fingerprint density at radius 3 is 2.17 bits per heavy atom. The molecule has 5 nitrogen and oxygen atoms in total. The second kappa shape index (κ2) is 9.51. The quantitative estimate of drug-likeness (QED) is 0.660. The van der Waals surface area contributed by atoms with Crippen LogP contribution in [0.2, 0.25) is 0 Å². The van der Waals surface area contributed by atoms with Gasteiger partial charge in [-0.2, -0.15) is 17.5 Å². The predicted octanol–water partition coefficient (Wildman–Crippen LogP) is 4.14. The van der Waals surface area contributed by atoms with Crippen molar-refractivity contribution in [1.82, 2.24) is 9.21 Å². The van der Waals surface area contributed by atoms with Gasteiger partial charge in [0.05, 0.1) is 0 Å². The number of benzene rings is 1. The maximum atomic E-state index is 13.0. The van der Waals surface area contributed by atoms with Crippen molar-refractivity contribution in [3.8, 4) is 0 Å². The average Bonchev–Trinajstić information content (AvgIpc) is 2.64. The predicted molar refractivity (Wildman–Crippen MR) is 111 cm³/mol. The molecule has 1 aliphatic heterocycles. The average molecular weight is 447 g/mol. The van der Waals surface area contributed by atoms with E-state index in [1.165, 1.54) is 10.4 Å². The summed E-state index contributed by atoms with van der Waals surface area (Å²) < 4.78 is 65.2. The lowest BCUT2D eigenvalue weighted by molar-refractivity contribution is -0.166. The SMILES string of the molecule is CC(C)(C)CN(CC(F)(F)F)C(=O)C1CCN(S(=O)(=O)/C=C/c2ccccc2)CC1. The van der Waals surface area contributed by atoms with E-state index in [0.29, 0.717) is 0 Å². The number of nitrogens with zero attached hydrogens (tertiary/aromatic N) is 2. The van der Waals surface area contributed by atoms with Crippen molar-refractivity contribution in [2.45, 2.75) is 39.8 Å². The van der Waals surface area contributed by atoms with Crippen LogP contribution in [0.5, 0.6) is 0 Å². The van der Waals surface area contributed by atoms with Gasteiger partial charge in [-0.25, -0.2) is 8.42 Å². The molecule has 0 unspecified atom stereocenters. The number of hydrogen-bond acceptors (Lipinski definition) is 3. The first kappa shape index (κ1) is 24.4. The number of sulfonamides is 1. The molecule has 9 heteroatoms. The van der Waals surface area contributed by atoms with Gasteiger partial charge in [-0.1, -0.05) is 51.1 Å². The zero-order valence-electron chi connectivity index (χ0n) is 17.5. The fourth-order valence-corrected chi connectivity index (χ4v) is 4.65. The number of hydrogen-bond donors (Lipinski definition) is 0. The third kappa shape index (κ3) is 7.75. The molecule has 1 fully saturated rings. The number of rotatable bonds is 6. The molecule has 1 aliphatic rings. The van der Waals surface area contributed by atoms with Gasteiger partial charge in [-0.3, -0.25) is 4.79 Å². The minimum absolute atomic E-state index is 0.0102. The van der Waals surface area contributed by atoms with Gasteiger partial charge >= 0.3 is 6.18 Å². The summed E-state index contributed by atoms with van der Waals surface area (Å²) in [7, 11) is -3.66. The highest BCUT2D eigenvalue weighted by Crippen LogP contribution is 2.27. The summed E-state index contributed by atoms with van der Waals surface area (Å²) in [5, 5.41) is 1.13. The fourth-order valence-electron chi connectivity index (χ4n) is 3.43. The molecule has 0 atom stereocenters. The molecule has 0 aliphatic carbocycles. The van der Waals surface area contributed by atoms with Crippen LogP contribution in [-0.4, -0.2) is 55.9 Å². The van der Waals surface area contributed by atoms with Gasteiger partial charge in [0, 0.05) is 31.0 Å². The van der Waals surface area contributed by atoms with Crippen molar-refractivity contribution >= 4 is 22.0 Å². The van der Waals surface area contributed by atoms with Gasteiger partial charge in [-0.15, -0.1) is 0 Å². The first-order valence-electron chi connectivity index (χ1n) is 9.86. The number of halogens is 3. The van der Waals surface area contributed by atoms with Crippen molar-refractivity contribution in [2.24, 2.45) is 11.3 Å². The minimum atomic E-state index is -4.48. The van der Waals surface area contributed by atoms with Gasteiger partial charge in [0.15, 0.2) is 0 Å². The zero-order chi connectivity index (χ0) is 22.6. The van der Waals surface area contributed by atoms with E-state index in [4.69, 9.17) is 0 Å². The summed E-state index contributed by atoms with van der Waals surface area (Å²) in [5.41, 5.74) is 0.267. The van der Waals surface area contributed by atoms with Gasteiger partial charge < -0.3 is 4.90 Å². The Bertz CT molecular complexity index is 822. The maximum absolute atomic E-state index is 13.0. The molecule has 0 saturated carbocycles. The number of carbonyl (C=O) groups excluding carboxylic acids is 1. The van der Waals surface area contributed by atoms with Crippen molar-refractivity contribution in [2.75, 3.05) is 26.2 Å². The van der Waals surface area contributed by atoms with Crippen molar-refractivity contribution in [3.63, 3.8) is 0 Å². The van der Waals surface area contributed by atoms with Crippen LogP contribution in [0.15, 0.2) is 35.7 Å². The highest BCUT2D eigenvalue weighted by Gasteiger charge is 2.38. The molecule has 0 aromatic heterocycles. The van der Waals surface area contributed by atoms with E-state index in [-0.39, 0.29) is 32.5 Å². The molecule has 0 spiro atoms. The molecule has 0 bridgehead atoms. The van der Waals surface area contributed by atoms with Crippen molar-refractivity contribution < 1.29 is 26.4 Å². The van der Waals surface area contributed by atoms with E-state index in [1.807, 2.05) is 6.07 Å². The van der Waals surface area contributed by atoms with Crippen LogP contribution in [0.1, 0.15) is 39.2 Å². The Hall–Kier alpha value is -1.87. The van der Waals surface area contributed by atoms with Crippen molar-refractivity contribution in [1.29, 1.82) is 0 Å². The van der Waals surface area contributed by atoms with Crippen LogP contribution in [-0.2, 0) is 14.8 Å². The summed E-state index contributed by atoms with van der Waals surface area (Å²) >= 11 is 0. The molecule has 1 aromatic carbocycles. The molecular formula is C21H29F3N2O3S. The second-order valence-corrected chi connectivity index (χ2v) is 10.6. The van der Waals surface area contributed by atoms with Crippen LogP contribution in [0, 0.1) is 11.3 Å². The lowest BCUT2D eigenvalue weighted by Crippen LogP contribution is -2.48. The smallest absolute Gasteiger partial charge is 0.333 e. The Balaban J connectivity index is 2.02. The van der Waals surface area contributed by atoms with Gasteiger partial charge in [-0.05, 0) is 29.9 Å². The van der Waals surface area contributed by atoms with E-state index >= 15 is 0 Å². The first-order chi connectivity index (χ1) is 13.8. The normalized spacial score (nSPS) is 17.4. The topological polar surface area (TPSA) is 57.7 Å². The lowest BCUT2D eigenvalue weighted by Gasteiger charge is -2.36. The lowest BCUT2D eigenvalue weighted by atomic mass is 9.92. The van der Waals surface area contributed by atoms with Gasteiger partial charge in [0.1, 0.15) is 6.54 Å². The van der Waals surface area contributed by atoms with Crippen LogP contribution >= 0.6 is 0 Å². The number of carbonyl (C=O) groups is 1. The summed E-state index contributed by atoms with van der Waals surface area (Å²) in [6.45, 7) is 4.24. The Kier molecular flexibility index (Phi) is 7.74. The standard InChI is InChI=1S/C21H29F3N2O3S/c1-20(2,3)15-25(16-21(22,23)24)19(27)18-9-12-26(13-10-18)30(28,29)14-11-17-7-5-4-6-8-17/h4-8,11,14,18H,9-10,12-13,15-16H2,1-3H3/b14-11+. The molecule has 30 heavy (non-hydrogen) atoms. The minimum Gasteiger partial charge on any atom is -0.333 e. The molecule has 2 rings (SSSR count).